The number of carbonyl (C=O) groups is 1. The van der Waals surface area contributed by atoms with Gasteiger partial charge in [0.2, 0.25) is 0 Å². The van der Waals surface area contributed by atoms with Crippen molar-refractivity contribution in [3.05, 3.63) is 69.7 Å². The number of nitrogens with one attached hydrogen (secondary N) is 1. The molecule has 7 heteroatoms. The number of methoxy groups -OCH3 is 1. The summed E-state index contributed by atoms with van der Waals surface area (Å²) in [6.45, 7) is 3.81. The minimum atomic E-state index is -0.626. The van der Waals surface area contributed by atoms with E-state index in [1.165, 1.54) is 13.2 Å². The van der Waals surface area contributed by atoms with Crippen LogP contribution in [0.15, 0.2) is 48.6 Å². The van der Waals surface area contributed by atoms with Gasteiger partial charge in [-0.15, -0.1) is 13.0 Å². The summed E-state index contributed by atoms with van der Waals surface area (Å²) in [4.78, 5) is 12.6. The number of hydrogen-bond acceptors (Lipinski definition) is 4. The van der Waals surface area contributed by atoms with Crippen LogP contribution in [0.5, 0.6) is 11.5 Å². The van der Waals surface area contributed by atoms with Gasteiger partial charge in [0.1, 0.15) is 18.2 Å². The lowest BCUT2D eigenvalue weighted by Crippen LogP contribution is -2.13. The number of hydrogen-bond donors (Lipinski definition) is 1. The van der Waals surface area contributed by atoms with Crippen LogP contribution in [0.1, 0.15) is 11.1 Å². The summed E-state index contributed by atoms with van der Waals surface area (Å²) < 4.78 is 11.0. The number of nitrogens with zero attached hydrogens (tertiary/aromatic N) is 1. The zero-order valence-corrected chi connectivity index (χ0v) is 17.7. The molecule has 0 aromatic heterocycles. The van der Waals surface area contributed by atoms with E-state index in [4.69, 9.17) is 39.1 Å². The average Bonchev–Trinajstić information content (AvgIpc) is 2.74. The molecule has 0 unspecified atom stereocenters. The molecule has 5 nitrogen and oxygen atoms in total. The quantitative estimate of drug-likeness (QED) is 0.262. The van der Waals surface area contributed by atoms with E-state index >= 15 is 0 Å². The van der Waals surface area contributed by atoms with Crippen LogP contribution in [0.3, 0.4) is 0 Å². The number of amides is 1. The summed E-state index contributed by atoms with van der Waals surface area (Å²) in [6.07, 6.45) is 8.89. The molecule has 30 heavy (non-hydrogen) atoms. The highest BCUT2D eigenvalue weighted by Crippen LogP contribution is 2.34. The van der Waals surface area contributed by atoms with Crippen molar-refractivity contribution in [2.24, 2.45) is 0 Å². The van der Waals surface area contributed by atoms with Crippen molar-refractivity contribution in [2.45, 2.75) is 6.42 Å². The third-order valence-electron chi connectivity index (χ3n) is 3.91. The van der Waals surface area contributed by atoms with Gasteiger partial charge < -0.3 is 14.8 Å². The number of terminal acetylenes is 1. The Morgan fingerprint density at radius 1 is 1.37 bits per heavy atom. The standard InChI is InChI=1S/C23H18Cl2N2O3/c1-4-7-16-11-15(13-20(29-3)22(16)30-10-5-2)12-17(14-26)23(28)27-19-9-6-8-18(24)21(19)25/h2,4,6,8-9,11-13H,1,7,10H2,3H3,(H,27,28)/b17-12-. The average molecular weight is 441 g/mol. The maximum Gasteiger partial charge on any atom is 0.266 e. The Labute approximate surface area is 185 Å². The number of nitriles is 1. The minimum absolute atomic E-state index is 0.0714. The monoisotopic (exact) mass is 440 g/mol. The molecule has 0 aliphatic carbocycles. The van der Waals surface area contributed by atoms with E-state index in [1.807, 2.05) is 6.07 Å². The molecular weight excluding hydrogens is 423 g/mol. The zero-order valence-electron chi connectivity index (χ0n) is 16.2. The predicted octanol–water partition coefficient (Wildman–Crippen LogP) is 5.29. The van der Waals surface area contributed by atoms with Gasteiger partial charge in [0.05, 0.1) is 22.8 Å². The van der Waals surface area contributed by atoms with Gasteiger partial charge in [-0.25, -0.2) is 0 Å². The summed E-state index contributed by atoms with van der Waals surface area (Å²) in [5.74, 6) is 2.69. The molecule has 1 N–H and O–H groups in total. The van der Waals surface area contributed by atoms with E-state index in [0.717, 1.165) is 5.56 Å². The van der Waals surface area contributed by atoms with Gasteiger partial charge in [0.25, 0.3) is 5.91 Å². The van der Waals surface area contributed by atoms with Crippen LogP contribution in [0, 0.1) is 23.7 Å². The summed E-state index contributed by atoms with van der Waals surface area (Å²) in [5.41, 5.74) is 1.50. The maximum atomic E-state index is 12.6. The number of carbonyl (C=O) groups excluding carboxylic acids is 1. The van der Waals surface area contributed by atoms with Gasteiger partial charge in [0.15, 0.2) is 11.5 Å². The van der Waals surface area contributed by atoms with Crippen molar-refractivity contribution in [3.8, 4) is 29.9 Å². The minimum Gasteiger partial charge on any atom is -0.493 e. The first kappa shape index (κ1) is 22.9. The Balaban J connectivity index is 2.42. The molecule has 2 aromatic carbocycles. The summed E-state index contributed by atoms with van der Waals surface area (Å²) >= 11 is 12.1. The third kappa shape index (κ3) is 5.58. The van der Waals surface area contributed by atoms with Gasteiger partial charge in [-0.2, -0.15) is 5.26 Å². The first-order valence-electron chi connectivity index (χ1n) is 8.70. The molecule has 2 rings (SSSR count). The smallest absolute Gasteiger partial charge is 0.266 e. The number of allylic oxidation sites excluding steroid dienone is 1. The molecule has 0 atom stereocenters. The molecule has 0 fully saturated rings. The van der Waals surface area contributed by atoms with Gasteiger partial charge in [-0.05, 0) is 42.3 Å². The van der Waals surface area contributed by atoms with E-state index in [9.17, 15) is 10.1 Å². The zero-order chi connectivity index (χ0) is 22.1. The molecule has 0 saturated heterocycles. The van der Waals surface area contributed by atoms with E-state index in [2.05, 4.69) is 17.8 Å². The molecule has 2 aromatic rings. The molecule has 0 radical (unpaired) electrons. The van der Waals surface area contributed by atoms with Crippen molar-refractivity contribution >= 4 is 40.9 Å². The van der Waals surface area contributed by atoms with Crippen LogP contribution in [-0.2, 0) is 11.2 Å². The van der Waals surface area contributed by atoms with E-state index in [1.54, 1.807) is 36.4 Å². The molecule has 0 aliphatic rings. The molecular formula is C23H18Cl2N2O3. The highest BCUT2D eigenvalue weighted by Gasteiger charge is 2.16. The second-order valence-electron chi connectivity index (χ2n) is 5.92. The van der Waals surface area contributed by atoms with Gasteiger partial charge in [-0.3, -0.25) is 4.79 Å². The molecule has 0 aliphatic heterocycles. The van der Waals surface area contributed by atoms with Crippen molar-refractivity contribution in [1.29, 1.82) is 5.26 Å². The van der Waals surface area contributed by atoms with Gasteiger partial charge in [-0.1, -0.05) is 41.3 Å². The summed E-state index contributed by atoms with van der Waals surface area (Å²) in [6, 6.07) is 10.1. The Morgan fingerprint density at radius 2 is 2.13 bits per heavy atom. The number of ether oxygens (including phenoxy) is 2. The summed E-state index contributed by atoms with van der Waals surface area (Å²) in [5, 5.41) is 12.6. The molecule has 0 saturated carbocycles. The van der Waals surface area contributed by atoms with E-state index in [-0.39, 0.29) is 17.2 Å². The van der Waals surface area contributed by atoms with Crippen LogP contribution in [0.4, 0.5) is 5.69 Å². The Morgan fingerprint density at radius 3 is 2.77 bits per heavy atom. The first-order valence-corrected chi connectivity index (χ1v) is 9.46. The van der Waals surface area contributed by atoms with Gasteiger partial charge >= 0.3 is 0 Å². The van der Waals surface area contributed by atoms with Crippen molar-refractivity contribution in [2.75, 3.05) is 19.0 Å². The molecule has 0 bridgehead atoms. The van der Waals surface area contributed by atoms with Crippen molar-refractivity contribution in [1.82, 2.24) is 0 Å². The van der Waals surface area contributed by atoms with Crippen LogP contribution in [0.25, 0.3) is 6.08 Å². The molecule has 1 amide bonds. The number of rotatable bonds is 8. The second-order valence-corrected chi connectivity index (χ2v) is 6.71. The number of halogens is 2. The lowest BCUT2D eigenvalue weighted by atomic mass is 10.0. The highest BCUT2D eigenvalue weighted by atomic mass is 35.5. The van der Waals surface area contributed by atoms with Crippen LogP contribution >= 0.6 is 23.2 Å². The molecule has 0 spiro atoms. The number of anilines is 1. The Hall–Kier alpha value is -3.38. The van der Waals surface area contributed by atoms with Gasteiger partial charge in [0, 0.05) is 5.56 Å². The van der Waals surface area contributed by atoms with E-state index in [0.29, 0.717) is 34.2 Å². The van der Waals surface area contributed by atoms with Crippen LogP contribution in [-0.4, -0.2) is 19.6 Å². The predicted molar refractivity (Wildman–Crippen MR) is 120 cm³/mol. The topological polar surface area (TPSA) is 71.3 Å². The second kappa shape index (κ2) is 11.0. The fourth-order valence-corrected chi connectivity index (χ4v) is 2.96. The van der Waals surface area contributed by atoms with Crippen molar-refractivity contribution < 1.29 is 14.3 Å². The lowest BCUT2D eigenvalue weighted by molar-refractivity contribution is -0.112. The first-order chi connectivity index (χ1) is 14.4. The van der Waals surface area contributed by atoms with Crippen LogP contribution in [0.2, 0.25) is 10.0 Å². The Kier molecular flexibility index (Phi) is 8.38. The van der Waals surface area contributed by atoms with Crippen molar-refractivity contribution in [3.63, 3.8) is 0 Å². The SMILES string of the molecule is C#CCOc1c(CC=C)cc(/C=C(/C#N)C(=O)Nc2cccc(Cl)c2Cl)cc1OC. The highest BCUT2D eigenvalue weighted by molar-refractivity contribution is 6.44. The fraction of sp³-hybridized carbons (Fsp3) is 0.130. The Bertz CT molecular complexity index is 1080. The van der Waals surface area contributed by atoms with Crippen LogP contribution < -0.4 is 14.8 Å². The number of benzene rings is 2. The third-order valence-corrected chi connectivity index (χ3v) is 4.73. The lowest BCUT2D eigenvalue weighted by Gasteiger charge is -2.14. The molecule has 0 heterocycles. The molecule has 152 valence electrons. The largest absolute Gasteiger partial charge is 0.493 e. The summed E-state index contributed by atoms with van der Waals surface area (Å²) in [7, 11) is 1.49. The van der Waals surface area contributed by atoms with E-state index < -0.39 is 5.91 Å². The normalized spacial score (nSPS) is 10.5. The maximum absolute atomic E-state index is 12.6. The fourth-order valence-electron chi connectivity index (χ4n) is 2.61.